The standard InChI is InChI=1S/C38H61NO33/c1-6(44)39-11-15(48)24(10(5-43)65-34(11)70-28-18(51)21(54)36(72-30(28)32(59)60)71-27-17(50)19(52)33(61)66-29(27)31(57)58)67-37-22(55)26(14(47)8(3-41)63-37)69-38-23(56)25(13(46)9(4-42)64-38)68-35-20(53)16(49)12(45)7(2-40)62-35/h7-30,33-38,40-43,45-56,61H,2-5H2,1H3,(H,39,44)(H,57,58)(H,59,60)/t7-,8-,9-,10-,11-,12+,13-,14-,15-,16+,17-,18-,19-,20-,21-,22-,23+,24-,25+,26+,27+,28+,29+,30+,33-,34-,35-,36-,37+,38-/m1/s1. The Bertz CT molecular complexity index is 1790. The lowest BCUT2D eigenvalue weighted by Gasteiger charge is -2.50. The molecule has 30 atom stereocenters. The van der Waals surface area contributed by atoms with Crippen LogP contribution in [0.1, 0.15) is 6.92 Å². The molecule has 6 aliphatic rings. The van der Waals surface area contributed by atoms with E-state index in [0.717, 1.165) is 6.92 Å². The van der Waals surface area contributed by atoms with E-state index in [9.17, 15) is 111 Å². The van der Waals surface area contributed by atoms with Crippen LogP contribution in [0.15, 0.2) is 0 Å². The van der Waals surface area contributed by atoms with Crippen molar-refractivity contribution in [2.45, 2.75) is 191 Å². The third kappa shape index (κ3) is 12.0. The van der Waals surface area contributed by atoms with Gasteiger partial charge in [0.25, 0.3) is 0 Å². The van der Waals surface area contributed by atoms with E-state index in [4.69, 9.17) is 52.1 Å². The Morgan fingerprint density at radius 3 is 1.19 bits per heavy atom. The zero-order valence-corrected chi connectivity index (χ0v) is 37.4. The van der Waals surface area contributed by atoms with Gasteiger partial charge >= 0.3 is 11.9 Å². The van der Waals surface area contributed by atoms with Gasteiger partial charge < -0.3 is 154 Å². The summed E-state index contributed by atoms with van der Waals surface area (Å²) in [6, 6.07) is -1.91. The number of carbonyl (C=O) groups excluding carboxylic acids is 1. The second-order valence-corrected chi connectivity index (χ2v) is 17.6. The first kappa shape index (κ1) is 58.5. The van der Waals surface area contributed by atoms with E-state index >= 15 is 0 Å². The van der Waals surface area contributed by atoms with Gasteiger partial charge in [0.2, 0.25) is 5.91 Å². The van der Waals surface area contributed by atoms with Crippen molar-refractivity contribution in [3.63, 3.8) is 0 Å². The SMILES string of the molecule is CC(=O)N[C@H]1[C@@H](O[C@H]2[C@H](O)[C@@H](O)[C@H](O[C@H]3[C@H](O)[C@@H](O)[C@H](O)O[C@@H]3C(=O)O)O[C@@H]2C(=O)O)O[C@H](CO)[C@@H](O[C@@H]2O[C@H](CO)[C@@H](O)[C@H](O[C@H]3O[C@H](CO)[C@@H](O)[C@H](O[C@H]4O[C@H](CO)[C@H](O)[C@H](O)[C@H]4O)[C@@H]3O)[C@H]2O)[C@@H]1O. The number of hydrogen-bond acceptors (Lipinski definition) is 31. The second kappa shape index (κ2) is 24.5. The molecule has 6 rings (SSSR count). The number of ether oxygens (including phenoxy) is 11. The highest BCUT2D eigenvalue weighted by Crippen LogP contribution is 2.37. The van der Waals surface area contributed by atoms with Gasteiger partial charge in [0, 0.05) is 6.92 Å². The van der Waals surface area contributed by atoms with Crippen molar-refractivity contribution in [2.24, 2.45) is 0 Å². The van der Waals surface area contributed by atoms with E-state index in [0.29, 0.717) is 0 Å². The normalized spacial score (nSPS) is 50.2. The van der Waals surface area contributed by atoms with E-state index in [2.05, 4.69) is 5.32 Å². The van der Waals surface area contributed by atoms with Gasteiger partial charge in [-0.15, -0.1) is 0 Å². The predicted octanol–water partition coefficient (Wildman–Crippen LogP) is -13.8. The van der Waals surface area contributed by atoms with Crippen LogP contribution in [0, 0.1) is 0 Å². The average molecular weight is 1060 g/mol. The van der Waals surface area contributed by atoms with E-state index in [1.54, 1.807) is 0 Å². The first-order chi connectivity index (χ1) is 33.9. The molecule has 6 fully saturated rings. The number of hydrogen-bond donors (Lipinski definition) is 20. The van der Waals surface area contributed by atoms with Crippen LogP contribution in [-0.2, 0) is 66.5 Å². The summed E-state index contributed by atoms with van der Waals surface area (Å²) in [5.41, 5.74) is 0. The average Bonchev–Trinajstić information content (AvgIpc) is 3.33. The maximum Gasteiger partial charge on any atom is 0.335 e. The molecule has 1 amide bonds. The van der Waals surface area contributed by atoms with Crippen LogP contribution in [0.4, 0.5) is 0 Å². The van der Waals surface area contributed by atoms with Crippen LogP contribution in [0.25, 0.3) is 0 Å². The number of aliphatic hydroxyl groups is 17. The van der Waals surface area contributed by atoms with Crippen molar-refractivity contribution in [3.8, 4) is 0 Å². The molecule has 0 radical (unpaired) electrons. The number of aliphatic hydroxyl groups excluding tert-OH is 17. The third-order valence-corrected chi connectivity index (χ3v) is 12.8. The Hall–Kier alpha value is -2.71. The maximum atomic E-state index is 12.5. The molecule has 416 valence electrons. The van der Waals surface area contributed by atoms with Gasteiger partial charge in [0.1, 0.15) is 134 Å². The first-order valence-corrected chi connectivity index (χ1v) is 22.1. The van der Waals surface area contributed by atoms with Crippen LogP contribution in [0.5, 0.6) is 0 Å². The fourth-order valence-corrected chi connectivity index (χ4v) is 8.85. The minimum absolute atomic E-state index is 0.892. The largest absolute Gasteiger partial charge is 0.479 e. The quantitative estimate of drug-likeness (QED) is 0.0643. The number of carbonyl (C=O) groups is 3. The number of rotatable bonds is 17. The first-order valence-electron chi connectivity index (χ1n) is 22.1. The topological polar surface area (TPSA) is 549 Å². The van der Waals surface area contributed by atoms with Gasteiger partial charge in [-0.1, -0.05) is 0 Å². The molecule has 0 bridgehead atoms. The molecule has 6 saturated heterocycles. The van der Waals surface area contributed by atoms with Gasteiger partial charge in [0.05, 0.1) is 26.4 Å². The molecule has 0 spiro atoms. The van der Waals surface area contributed by atoms with Gasteiger partial charge in [-0.05, 0) is 0 Å². The fraction of sp³-hybridized carbons (Fsp3) is 0.921. The number of carboxylic acids is 2. The molecule has 0 saturated carbocycles. The molecular formula is C38H61NO33. The van der Waals surface area contributed by atoms with E-state index < -0.39 is 228 Å². The minimum atomic E-state index is -2.42. The third-order valence-electron chi connectivity index (χ3n) is 12.8. The Kier molecular flexibility index (Phi) is 19.9. The molecule has 0 aromatic carbocycles. The van der Waals surface area contributed by atoms with Crippen molar-refractivity contribution >= 4 is 17.8 Å². The van der Waals surface area contributed by atoms with Crippen molar-refractivity contribution in [1.82, 2.24) is 5.32 Å². The van der Waals surface area contributed by atoms with Gasteiger partial charge in [-0.3, -0.25) is 4.79 Å². The smallest absolute Gasteiger partial charge is 0.335 e. The monoisotopic (exact) mass is 1060 g/mol. The summed E-state index contributed by atoms with van der Waals surface area (Å²) >= 11 is 0. The molecule has 6 aliphatic heterocycles. The van der Waals surface area contributed by atoms with Crippen LogP contribution < -0.4 is 5.32 Å². The van der Waals surface area contributed by atoms with Gasteiger partial charge in [-0.2, -0.15) is 0 Å². The number of aliphatic carboxylic acids is 2. The van der Waals surface area contributed by atoms with E-state index in [-0.39, 0.29) is 0 Å². The van der Waals surface area contributed by atoms with Crippen LogP contribution >= 0.6 is 0 Å². The summed E-state index contributed by atoms with van der Waals surface area (Å²) in [4.78, 5) is 36.9. The lowest BCUT2D eigenvalue weighted by molar-refractivity contribution is -0.391. The molecule has 0 unspecified atom stereocenters. The highest BCUT2D eigenvalue weighted by atomic mass is 16.8. The Labute approximate surface area is 404 Å². The number of nitrogens with one attached hydrogen (secondary N) is 1. The lowest BCUT2D eigenvalue weighted by Crippen LogP contribution is -2.70. The van der Waals surface area contributed by atoms with Gasteiger partial charge in [-0.25, -0.2) is 9.59 Å². The lowest BCUT2D eigenvalue weighted by atomic mass is 9.94. The van der Waals surface area contributed by atoms with Gasteiger partial charge in [0.15, 0.2) is 49.9 Å². The molecule has 72 heavy (non-hydrogen) atoms. The Balaban J connectivity index is 1.19. The zero-order chi connectivity index (χ0) is 53.4. The molecule has 34 heteroatoms. The van der Waals surface area contributed by atoms with E-state index in [1.165, 1.54) is 0 Å². The summed E-state index contributed by atoms with van der Waals surface area (Å²) in [5.74, 6) is -4.75. The molecule has 6 heterocycles. The Morgan fingerprint density at radius 2 is 0.736 bits per heavy atom. The maximum absolute atomic E-state index is 12.5. The second-order valence-electron chi connectivity index (χ2n) is 17.6. The fourth-order valence-electron chi connectivity index (χ4n) is 8.85. The number of carboxylic acid groups (broad SMARTS) is 2. The van der Waals surface area contributed by atoms with Crippen molar-refractivity contribution in [3.05, 3.63) is 0 Å². The summed E-state index contributed by atoms with van der Waals surface area (Å²) in [6.07, 6.45) is -60.6. The van der Waals surface area contributed by atoms with Crippen LogP contribution in [0.3, 0.4) is 0 Å². The summed E-state index contributed by atoms with van der Waals surface area (Å²) in [6.45, 7) is -3.18. The molecule has 34 nitrogen and oxygen atoms in total. The highest BCUT2D eigenvalue weighted by Gasteiger charge is 2.59. The molecule has 0 aromatic heterocycles. The Morgan fingerprint density at radius 1 is 0.375 bits per heavy atom. The van der Waals surface area contributed by atoms with Crippen LogP contribution in [0.2, 0.25) is 0 Å². The predicted molar refractivity (Wildman–Crippen MR) is 212 cm³/mol. The summed E-state index contributed by atoms with van der Waals surface area (Å²) in [5, 5.41) is 202. The minimum Gasteiger partial charge on any atom is -0.479 e. The molecule has 0 aliphatic carbocycles. The van der Waals surface area contributed by atoms with Crippen molar-refractivity contribution in [2.75, 3.05) is 26.4 Å². The highest BCUT2D eigenvalue weighted by molar-refractivity contribution is 5.74. The van der Waals surface area contributed by atoms with E-state index in [1.807, 2.05) is 0 Å². The molecule has 20 N–H and O–H groups in total. The van der Waals surface area contributed by atoms with Crippen LogP contribution in [-0.4, -0.2) is 325 Å². The molecule has 0 aromatic rings. The summed E-state index contributed by atoms with van der Waals surface area (Å²) in [7, 11) is 0. The van der Waals surface area contributed by atoms with Crippen molar-refractivity contribution in [1.29, 1.82) is 0 Å². The zero-order valence-electron chi connectivity index (χ0n) is 37.4. The van der Waals surface area contributed by atoms with Crippen molar-refractivity contribution < 1.29 is 164 Å². The number of amides is 1. The summed E-state index contributed by atoms with van der Waals surface area (Å²) < 4.78 is 60.2. The molecular weight excluding hydrogens is 998 g/mol.